The van der Waals surface area contributed by atoms with Gasteiger partial charge in [-0.25, -0.2) is 9.98 Å². The third kappa shape index (κ3) is 4.20. The maximum atomic E-state index is 6.04. The first-order valence-electron chi connectivity index (χ1n) is 6.87. The number of aliphatic imine (C=N–C) groups is 1. The molecular weight excluding hydrogens is 415 g/mol. The minimum Gasteiger partial charge on any atom is -0.462 e. The fraction of sp³-hybridized carbons (Fsp3) is 0.429. The highest BCUT2D eigenvalue weighted by Crippen LogP contribution is 2.24. The van der Waals surface area contributed by atoms with E-state index in [1.54, 1.807) is 17.6 Å². The summed E-state index contributed by atoms with van der Waals surface area (Å²) in [5.41, 5.74) is 6.94. The Morgan fingerprint density at radius 1 is 1.59 bits per heavy atom. The minimum absolute atomic E-state index is 0. The molecule has 3 rings (SSSR count). The fourth-order valence-corrected chi connectivity index (χ4v) is 2.96. The van der Waals surface area contributed by atoms with Gasteiger partial charge in [0.05, 0.1) is 31.2 Å². The molecule has 0 aromatic carbocycles. The minimum atomic E-state index is 0. The SMILES string of the molecule is CC1CN(C(N)=NCc2csc(-c3ccco3)n2)CCO1.I. The molecule has 2 aromatic rings. The lowest BCUT2D eigenvalue weighted by molar-refractivity contribution is 0.00528. The van der Waals surface area contributed by atoms with Gasteiger partial charge in [0.1, 0.15) is 0 Å². The van der Waals surface area contributed by atoms with Gasteiger partial charge < -0.3 is 19.8 Å². The smallest absolute Gasteiger partial charge is 0.191 e. The van der Waals surface area contributed by atoms with E-state index in [1.165, 1.54) is 0 Å². The van der Waals surface area contributed by atoms with Crippen LogP contribution in [-0.4, -0.2) is 41.6 Å². The van der Waals surface area contributed by atoms with Gasteiger partial charge in [0, 0.05) is 18.5 Å². The number of thiazole rings is 1. The van der Waals surface area contributed by atoms with Gasteiger partial charge in [0.2, 0.25) is 0 Å². The summed E-state index contributed by atoms with van der Waals surface area (Å²) in [6.45, 7) is 4.78. The second kappa shape index (κ2) is 7.93. The van der Waals surface area contributed by atoms with Crippen LogP contribution in [0, 0.1) is 0 Å². The van der Waals surface area contributed by atoms with Crippen molar-refractivity contribution in [3.63, 3.8) is 0 Å². The van der Waals surface area contributed by atoms with E-state index >= 15 is 0 Å². The van der Waals surface area contributed by atoms with Crippen LogP contribution in [0.4, 0.5) is 0 Å². The number of hydrogen-bond donors (Lipinski definition) is 1. The standard InChI is InChI=1S/C14H18N4O2S.HI/c1-10-8-18(4-6-19-10)14(15)16-7-11-9-21-13(17-11)12-3-2-5-20-12;/h2-3,5,9-10H,4,6-8H2,1H3,(H2,15,16);1H. The number of morpholine rings is 1. The summed E-state index contributed by atoms with van der Waals surface area (Å²) in [6.07, 6.45) is 1.84. The van der Waals surface area contributed by atoms with Crippen molar-refractivity contribution in [1.29, 1.82) is 0 Å². The van der Waals surface area contributed by atoms with Crippen LogP contribution in [0.15, 0.2) is 33.2 Å². The summed E-state index contributed by atoms with van der Waals surface area (Å²) in [5.74, 6) is 1.34. The van der Waals surface area contributed by atoms with E-state index in [2.05, 4.69) is 9.98 Å². The Labute approximate surface area is 150 Å². The first kappa shape index (κ1) is 17.2. The lowest BCUT2D eigenvalue weighted by Gasteiger charge is -2.31. The van der Waals surface area contributed by atoms with Gasteiger partial charge in [-0.05, 0) is 19.1 Å². The fourth-order valence-electron chi connectivity index (χ4n) is 2.18. The van der Waals surface area contributed by atoms with Crippen molar-refractivity contribution < 1.29 is 9.15 Å². The molecule has 22 heavy (non-hydrogen) atoms. The van der Waals surface area contributed by atoms with E-state index in [0.29, 0.717) is 19.1 Å². The number of furan rings is 1. The average Bonchev–Trinajstić information content (AvgIpc) is 3.15. The predicted octanol–water partition coefficient (Wildman–Crippen LogP) is 2.56. The van der Waals surface area contributed by atoms with Crippen LogP contribution >= 0.6 is 35.3 Å². The molecule has 0 amide bonds. The zero-order chi connectivity index (χ0) is 14.7. The molecule has 6 nitrogen and oxygen atoms in total. The number of guanidine groups is 1. The normalized spacial score (nSPS) is 19.0. The van der Waals surface area contributed by atoms with Crippen molar-refractivity contribution in [2.75, 3.05) is 19.7 Å². The molecule has 0 spiro atoms. The molecule has 2 N–H and O–H groups in total. The lowest BCUT2D eigenvalue weighted by Crippen LogP contribution is -2.47. The van der Waals surface area contributed by atoms with Crippen LogP contribution < -0.4 is 5.73 Å². The van der Waals surface area contributed by atoms with Crippen molar-refractivity contribution in [2.45, 2.75) is 19.6 Å². The monoisotopic (exact) mass is 434 g/mol. The van der Waals surface area contributed by atoms with Gasteiger partial charge in [-0.2, -0.15) is 0 Å². The van der Waals surface area contributed by atoms with Gasteiger partial charge in [-0.1, -0.05) is 0 Å². The molecule has 1 atom stereocenters. The van der Waals surface area contributed by atoms with Crippen LogP contribution in [0.1, 0.15) is 12.6 Å². The second-order valence-electron chi connectivity index (χ2n) is 4.92. The Morgan fingerprint density at radius 2 is 2.45 bits per heavy atom. The quantitative estimate of drug-likeness (QED) is 0.457. The summed E-state index contributed by atoms with van der Waals surface area (Å²) in [7, 11) is 0. The Bertz CT molecular complexity index is 614. The van der Waals surface area contributed by atoms with E-state index in [4.69, 9.17) is 14.9 Å². The summed E-state index contributed by atoms with van der Waals surface area (Å²) in [4.78, 5) is 11.0. The highest BCUT2D eigenvalue weighted by atomic mass is 127. The van der Waals surface area contributed by atoms with Crippen molar-refractivity contribution in [1.82, 2.24) is 9.88 Å². The predicted molar refractivity (Wildman–Crippen MR) is 97.5 cm³/mol. The van der Waals surface area contributed by atoms with Crippen molar-refractivity contribution in [2.24, 2.45) is 10.7 Å². The Kier molecular flexibility index (Phi) is 6.21. The first-order valence-corrected chi connectivity index (χ1v) is 7.75. The third-order valence-corrected chi connectivity index (χ3v) is 4.16. The topological polar surface area (TPSA) is 76.9 Å². The summed E-state index contributed by atoms with van der Waals surface area (Å²) in [5, 5.41) is 2.85. The zero-order valence-electron chi connectivity index (χ0n) is 12.3. The zero-order valence-corrected chi connectivity index (χ0v) is 15.4. The van der Waals surface area contributed by atoms with Gasteiger partial charge in [0.25, 0.3) is 0 Å². The highest BCUT2D eigenvalue weighted by molar-refractivity contribution is 14.0. The molecule has 1 fully saturated rings. The number of nitrogens with two attached hydrogens (primary N) is 1. The largest absolute Gasteiger partial charge is 0.462 e. The highest BCUT2D eigenvalue weighted by Gasteiger charge is 2.18. The molecule has 0 bridgehead atoms. The number of ether oxygens (including phenoxy) is 1. The average molecular weight is 434 g/mol. The number of aromatic nitrogens is 1. The van der Waals surface area contributed by atoms with Crippen molar-refractivity contribution in [3.05, 3.63) is 29.5 Å². The van der Waals surface area contributed by atoms with Crippen LogP contribution in [0.2, 0.25) is 0 Å². The summed E-state index contributed by atoms with van der Waals surface area (Å²) >= 11 is 1.55. The first-order chi connectivity index (χ1) is 10.2. The van der Waals surface area contributed by atoms with Gasteiger partial charge >= 0.3 is 0 Å². The maximum Gasteiger partial charge on any atom is 0.191 e. The molecule has 0 aliphatic carbocycles. The summed E-state index contributed by atoms with van der Waals surface area (Å²) < 4.78 is 10.8. The van der Waals surface area contributed by atoms with Crippen LogP contribution in [0.5, 0.6) is 0 Å². The van der Waals surface area contributed by atoms with Crippen LogP contribution in [0.3, 0.4) is 0 Å². The van der Waals surface area contributed by atoms with Crippen LogP contribution in [-0.2, 0) is 11.3 Å². The lowest BCUT2D eigenvalue weighted by atomic mass is 10.3. The van der Waals surface area contributed by atoms with Crippen molar-refractivity contribution >= 4 is 41.3 Å². The van der Waals surface area contributed by atoms with E-state index in [-0.39, 0.29) is 30.1 Å². The number of nitrogens with zero attached hydrogens (tertiary/aromatic N) is 3. The van der Waals surface area contributed by atoms with Crippen LogP contribution in [0.25, 0.3) is 10.8 Å². The summed E-state index contributed by atoms with van der Waals surface area (Å²) in [6, 6.07) is 3.75. The molecule has 0 radical (unpaired) electrons. The molecule has 1 saturated heterocycles. The Morgan fingerprint density at radius 3 is 3.18 bits per heavy atom. The molecule has 0 saturated carbocycles. The molecule has 1 aliphatic rings. The molecule has 3 heterocycles. The number of rotatable bonds is 3. The Balaban J connectivity index is 0.00000176. The van der Waals surface area contributed by atoms with Gasteiger partial charge in [-0.15, -0.1) is 35.3 Å². The Hall–Kier alpha value is -1.13. The molecule has 120 valence electrons. The van der Waals surface area contributed by atoms with Gasteiger partial charge in [0.15, 0.2) is 16.7 Å². The van der Waals surface area contributed by atoms with E-state index < -0.39 is 0 Å². The van der Waals surface area contributed by atoms with E-state index in [0.717, 1.165) is 29.6 Å². The second-order valence-corrected chi connectivity index (χ2v) is 5.78. The van der Waals surface area contributed by atoms with E-state index in [9.17, 15) is 0 Å². The van der Waals surface area contributed by atoms with Crippen molar-refractivity contribution in [3.8, 4) is 10.8 Å². The maximum absolute atomic E-state index is 6.04. The number of hydrogen-bond acceptors (Lipinski definition) is 5. The molecular formula is C14H19IN4O2S. The van der Waals surface area contributed by atoms with Gasteiger partial charge in [-0.3, -0.25) is 0 Å². The number of halogens is 1. The molecule has 1 aliphatic heterocycles. The van der Waals surface area contributed by atoms with E-state index in [1.807, 2.05) is 29.3 Å². The third-order valence-electron chi connectivity index (χ3n) is 3.25. The molecule has 2 aromatic heterocycles. The molecule has 8 heteroatoms. The molecule has 1 unspecified atom stereocenters.